The van der Waals surface area contributed by atoms with Gasteiger partial charge in [-0.15, -0.1) is 0 Å². The van der Waals surface area contributed by atoms with Crippen molar-refractivity contribution in [2.75, 3.05) is 33.5 Å². The highest BCUT2D eigenvalue weighted by Crippen LogP contribution is 2.15. The van der Waals surface area contributed by atoms with Gasteiger partial charge in [-0.2, -0.15) is 0 Å². The zero-order valence-corrected chi connectivity index (χ0v) is 35.6. The summed E-state index contributed by atoms with van der Waals surface area (Å²) in [6.07, 6.45) is 33.3. The van der Waals surface area contributed by atoms with Gasteiger partial charge in [-0.3, -0.25) is 19.6 Å². The highest BCUT2D eigenvalue weighted by molar-refractivity contribution is 5.70. The number of carbonyl (C=O) groups is 3. The third-order valence-corrected chi connectivity index (χ3v) is 9.62. The quantitative estimate of drug-likeness (QED) is 0.0122. The van der Waals surface area contributed by atoms with E-state index in [-0.39, 0.29) is 38.6 Å². The van der Waals surface area contributed by atoms with E-state index >= 15 is 0 Å². The monoisotopic (exact) mass is 783 g/mol. The standard InChI is InChI=1S/C45H82O10/c1-5-8-11-14-16-17-18-19-20-21-22-23-24-25-28-31-42(46)52-37-40(38-53-43(47)33-32-41(55-49)30-27-13-10-7-3)39-54-44(48)34-35-45(50-4)51-36-29-26-15-12-9-6-2/h16-17,19-20,40-41,45,49H,5-15,18,21-39H2,1-4H3/b17-16-,20-19-. The van der Waals surface area contributed by atoms with Crippen LogP contribution < -0.4 is 0 Å². The Balaban J connectivity index is 4.63. The smallest absolute Gasteiger partial charge is 0.305 e. The van der Waals surface area contributed by atoms with Crippen LogP contribution in [0.25, 0.3) is 0 Å². The minimum absolute atomic E-state index is 0.0263. The molecule has 0 bridgehead atoms. The van der Waals surface area contributed by atoms with E-state index < -0.39 is 30.3 Å². The number of hydrogen-bond donors (Lipinski definition) is 1. The van der Waals surface area contributed by atoms with E-state index in [9.17, 15) is 19.6 Å². The van der Waals surface area contributed by atoms with Crippen LogP contribution in [0.5, 0.6) is 0 Å². The maximum atomic E-state index is 12.6. The van der Waals surface area contributed by atoms with Crippen molar-refractivity contribution < 1.29 is 48.2 Å². The first-order chi connectivity index (χ1) is 26.9. The van der Waals surface area contributed by atoms with Crippen LogP contribution in [-0.2, 0) is 43.0 Å². The molecule has 10 heteroatoms. The normalized spacial score (nSPS) is 13.3. The highest BCUT2D eigenvalue weighted by Gasteiger charge is 2.20. The third kappa shape index (κ3) is 37.1. The number of carbonyl (C=O) groups excluding carboxylic acids is 3. The summed E-state index contributed by atoms with van der Waals surface area (Å²) in [6.45, 7) is 6.99. The summed E-state index contributed by atoms with van der Waals surface area (Å²) in [5.74, 6) is -1.70. The van der Waals surface area contributed by atoms with Gasteiger partial charge in [0.2, 0.25) is 0 Å². The Bertz CT molecular complexity index is 937. The maximum Gasteiger partial charge on any atom is 0.305 e. The summed E-state index contributed by atoms with van der Waals surface area (Å²) in [5, 5.41) is 9.26. The first-order valence-corrected chi connectivity index (χ1v) is 22.1. The average Bonchev–Trinajstić information content (AvgIpc) is 3.19. The van der Waals surface area contributed by atoms with Gasteiger partial charge in [0.15, 0.2) is 6.29 Å². The van der Waals surface area contributed by atoms with Crippen molar-refractivity contribution in [2.45, 2.75) is 207 Å². The second-order valence-corrected chi connectivity index (χ2v) is 14.9. The number of esters is 3. The molecular formula is C45H82O10. The van der Waals surface area contributed by atoms with Crippen molar-refractivity contribution >= 4 is 17.9 Å². The second-order valence-electron chi connectivity index (χ2n) is 14.9. The van der Waals surface area contributed by atoms with Crippen LogP contribution in [0.4, 0.5) is 0 Å². The summed E-state index contributed by atoms with van der Waals surface area (Å²) < 4.78 is 27.8. The second kappa shape index (κ2) is 41.4. The Morgan fingerprint density at radius 1 is 0.527 bits per heavy atom. The minimum atomic E-state index is -0.512. The van der Waals surface area contributed by atoms with Gasteiger partial charge < -0.3 is 23.7 Å². The van der Waals surface area contributed by atoms with Gasteiger partial charge in [0.1, 0.15) is 19.8 Å². The molecule has 0 aromatic heterocycles. The highest BCUT2D eigenvalue weighted by atomic mass is 17.1. The van der Waals surface area contributed by atoms with Crippen LogP contribution in [0.3, 0.4) is 0 Å². The van der Waals surface area contributed by atoms with Crippen molar-refractivity contribution in [2.24, 2.45) is 5.92 Å². The molecule has 10 nitrogen and oxygen atoms in total. The first kappa shape index (κ1) is 52.7. The molecule has 0 saturated carbocycles. The van der Waals surface area contributed by atoms with E-state index in [4.69, 9.17) is 23.7 Å². The van der Waals surface area contributed by atoms with Gasteiger partial charge in [0.25, 0.3) is 0 Å². The van der Waals surface area contributed by atoms with Gasteiger partial charge in [-0.25, -0.2) is 4.89 Å². The van der Waals surface area contributed by atoms with Crippen LogP contribution in [0.1, 0.15) is 194 Å². The molecule has 0 aromatic carbocycles. The number of allylic oxidation sites excluding steroid dienone is 4. The van der Waals surface area contributed by atoms with Gasteiger partial charge in [0, 0.05) is 33.0 Å². The van der Waals surface area contributed by atoms with Crippen molar-refractivity contribution in [3.63, 3.8) is 0 Å². The number of methoxy groups -OCH3 is 1. The maximum absolute atomic E-state index is 12.6. The van der Waals surface area contributed by atoms with Gasteiger partial charge in [0.05, 0.1) is 18.4 Å². The minimum Gasteiger partial charge on any atom is -0.465 e. The van der Waals surface area contributed by atoms with Crippen LogP contribution in [0.15, 0.2) is 24.3 Å². The SMILES string of the molecule is CCCCC/C=C\C/C=C\CCCCCCCC(=O)OCC(COC(=O)CCC(CCCCCC)OO)COC(=O)CCC(OC)OCCCCCCCC. The number of rotatable bonds is 41. The van der Waals surface area contributed by atoms with Crippen LogP contribution in [-0.4, -0.2) is 69.1 Å². The Hall–Kier alpha value is -2.27. The van der Waals surface area contributed by atoms with Crippen molar-refractivity contribution in [1.29, 1.82) is 0 Å². The van der Waals surface area contributed by atoms with E-state index in [2.05, 4.69) is 50.0 Å². The lowest BCUT2D eigenvalue weighted by molar-refractivity contribution is -0.281. The fraction of sp³-hybridized carbons (Fsp3) is 0.844. The van der Waals surface area contributed by atoms with Crippen molar-refractivity contribution in [1.82, 2.24) is 0 Å². The molecule has 3 atom stereocenters. The Morgan fingerprint density at radius 2 is 1.00 bits per heavy atom. The van der Waals surface area contributed by atoms with Gasteiger partial charge in [-0.1, -0.05) is 135 Å². The van der Waals surface area contributed by atoms with E-state index in [1.165, 1.54) is 51.4 Å². The molecule has 0 aromatic rings. The Labute approximate surface area is 335 Å². The number of unbranched alkanes of at least 4 members (excludes halogenated alkanes) is 16. The summed E-state index contributed by atoms with van der Waals surface area (Å²) in [5.41, 5.74) is 0. The van der Waals surface area contributed by atoms with Crippen molar-refractivity contribution in [3.05, 3.63) is 24.3 Å². The summed E-state index contributed by atoms with van der Waals surface area (Å²) in [6, 6.07) is 0. The summed E-state index contributed by atoms with van der Waals surface area (Å²) in [7, 11) is 1.56. The fourth-order valence-electron chi connectivity index (χ4n) is 6.00. The number of ether oxygens (including phenoxy) is 5. The molecule has 0 radical (unpaired) electrons. The average molecular weight is 783 g/mol. The lowest BCUT2D eigenvalue weighted by Gasteiger charge is -2.19. The van der Waals surface area contributed by atoms with E-state index in [1.807, 2.05) is 0 Å². The van der Waals surface area contributed by atoms with Crippen LogP contribution in [0, 0.1) is 5.92 Å². The topological polar surface area (TPSA) is 127 Å². The predicted octanol–water partition coefficient (Wildman–Crippen LogP) is 11.8. The predicted molar refractivity (Wildman–Crippen MR) is 221 cm³/mol. The molecule has 0 saturated heterocycles. The molecule has 0 aliphatic heterocycles. The molecule has 0 fully saturated rings. The Kier molecular flexibility index (Phi) is 39.7. The lowest BCUT2D eigenvalue weighted by Crippen LogP contribution is -2.27. The molecule has 0 rings (SSSR count). The molecular weight excluding hydrogens is 700 g/mol. The molecule has 0 spiro atoms. The summed E-state index contributed by atoms with van der Waals surface area (Å²) in [4.78, 5) is 42.3. The molecule has 0 aliphatic carbocycles. The van der Waals surface area contributed by atoms with Crippen molar-refractivity contribution in [3.8, 4) is 0 Å². The van der Waals surface area contributed by atoms with E-state index in [0.29, 0.717) is 32.3 Å². The number of hydrogen-bond acceptors (Lipinski definition) is 10. The molecule has 0 amide bonds. The largest absolute Gasteiger partial charge is 0.465 e. The molecule has 0 heterocycles. The van der Waals surface area contributed by atoms with Crippen LogP contribution in [0.2, 0.25) is 0 Å². The van der Waals surface area contributed by atoms with E-state index in [0.717, 1.165) is 83.5 Å². The van der Waals surface area contributed by atoms with Gasteiger partial charge in [-0.05, 0) is 57.8 Å². The molecule has 0 aliphatic rings. The molecule has 322 valence electrons. The summed E-state index contributed by atoms with van der Waals surface area (Å²) >= 11 is 0. The van der Waals surface area contributed by atoms with Gasteiger partial charge >= 0.3 is 17.9 Å². The fourth-order valence-corrected chi connectivity index (χ4v) is 6.00. The molecule has 55 heavy (non-hydrogen) atoms. The third-order valence-electron chi connectivity index (χ3n) is 9.62. The molecule has 1 N–H and O–H groups in total. The van der Waals surface area contributed by atoms with E-state index in [1.54, 1.807) is 7.11 Å². The lowest BCUT2D eigenvalue weighted by atomic mass is 10.1. The Morgan fingerprint density at radius 3 is 1.58 bits per heavy atom. The molecule has 3 unspecified atom stereocenters. The van der Waals surface area contributed by atoms with Crippen LogP contribution >= 0.6 is 0 Å². The zero-order valence-electron chi connectivity index (χ0n) is 35.6. The zero-order chi connectivity index (χ0) is 40.5. The first-order valence-electron chi connectivity index (χ1n) is 22.1.